The van der Waals surface area contributed by atoms with E-state index in [0.717, 1.165) is 29.3 Å². The summed E-state index contributed by atoms with van der Waals surface area (Å²) in [6.45, 7) is 2.68. The first-order chi connectivity index (χ1) is 10.6. The van der Waals surface area contributed by atoms with Crippen LogP contribution >= 0.6 is 0 Å². The van der Waals surface area contributed by atoms with Crippen LogP contribution in [0.15, 0.2) is 24.4 Å². The number of H-pyrrole nitrogens is 1. The molecule has 1 aromatic carbocycles. The SMILES string of the molecule is Cc1ccc2[nH]cc(CC(N)C(=O)N3CCCC3C#N)c2c1. The fourth-order valence-corrected chi connectivity index (χ4v) is 3.16. The molecule has 2 heterocycles. The zero-order chi connectivity index (χ0) is 15.7. The van der Waals surface area contributed by atoms with Crippen LogP contribution in [0.5, 0.6) is 0 Å². The van der Waals surface area contributed by atoms with Crippen molar-refractivity contribution in [1.29, 1.82) is 5.26 Å². The van der Waals surface area contributed by atoms with Crippen LogP contribution in [0.3, 0.4) is 0 Å². The molecule has 0 aliphatic carbocycles. The lowest BCUT2D eigenvalue weighted by atomic mass is 10.0. The molecule has 0 bridgehead atoms. The van der Waals surface area contributed by atoms with Gasteiger partial charge in [0.25, 0.3) is 0 Å². The van der Waals surface area contributed by atoms with Crippen molar-refractivity contribution in [3.63, 3.8) is 0 Å². The number of amides is 1. The number of nitriles is 1. The Morgan fingerprint density at radius 3 is 3.18 bits per heavy atom. The molecular formula is C17H20N4O. The lowest BCUT2D eigenvalue weighted by Gasteiger charge is -2.23. The molecule has 5 nitrogen and oxygen atoms in total. The molecule has 2 unspecified atom stereocenters. The van der Waals surface area contributed by atoms with Crippen molar-refractivity contribution in [2.24, 2.45) is 5.73 Å². The third-order valence-corrected chi connectivity index (χ3v) is 4.36. The molecule has 1 aromatic heterocycles. The van der Waals surface area contributed by atoms with Gasteiger partial charge < -0.3 is 15.6 Å². The number of hydrogen-bond donors (Lipinski definition) is 2. The highest BCUT2D eigenvalue weighted by Gasteiger charge is 2.31. The number of aryl methyl sites for hydroxylation is 1. The van der Waals surface area contributed by atoms with Crippen LogP contribution < -0.4 is 5.73 Å². The van der Waals surface area contributed by atoms with Crippen LogP contribution in [-0.4, -0.2) is 34.4 Å². The second kappa shape index (κ2) is 5.82. The molecule has 1 aliphatic rings. The number of nitrogens with two attached hydrogens (primary N) is 1. The maximum Gasteiger partial charge on any atom is 0.240 e. The Balaban J connectivity index is 1.78. The molecule has 1 aliphatic heterocycles. The number of nitrogens with zero attached hydrogens (tertiary/aromatic N) is 2. The van der Waals surface area contributed by atoms with Gasteiger partial charge >= 0.3 is 0 Å². The molecule has 2 atom stereocenters. The molecule has 0 radical (unpaired) electrons. The van der Waals surface area contributed by atoms with Gasteiger partial charge in [-0.05, 0) is 43.9 Å². The fourth-order valence-electron chi connectivity index (χ4n) is 3.16. The highest BCUT2D eigenvalue weighted by atomic mass is 16.2. The minimum Gasteiger partial charge on any atom is -0.361 e. The van der Waals surface area contributed by atoms with E-state index in [4.69, 9.17) is 11.0 Å². The normalized spacial score (nSPS) is 19.3. The molecule has 0 saturated carbocycles. The van der Waals surface area contributed by atoms with E-state index in [9.17, 15) is 4.79 Å². The maximum absolute atomic E-state index is 12.5. The molecule has 114 valence electrons. The van der Waals surface area contributed by atoms with Crippen LogP contribution in [0, 0.1) is 18.3 Å². The van der Waals surface area contributed by atoms with Gasteiger partial charge in [0, 0.05) is 23.6 Å². The third kappa shape index (κ3) is 2.58. The van der Waals surface area contributed by atoms with Gasteiger partial charge in [0.15, 0.2) is 0 Å². The van der Waals surface area contributed by atoms with E-state index < -0.39 is 6.04 Å². The summed E-state index contributed by atoms with van der Waals surface area (Å²) in [6, 6.07) is 7.46. The molecule has 1 amide bonds. The second-order valence-corrected chi connectivity index (χ2v) is 5.99. The number of likely N-dealkylation sites (tertiary alicyclic amines) is 1. The summed E-state index contributed by atoms with van der Waals surface area (Å²) in [5, 5.41) is 10.2. The summed E-state index contributed by atoms with van der Waals surface area (Å²) in [4.78, 5) is 17.3. The summed E-state index contributed by atoms with van der Waals surface area (Å²) < 4.78 is 0. The number of nitrogens with one attached hydrogen (secondary N) is 1. The van der Waals surface area contributed by atoms with E-state index >= 15 is 0 Å². The minimum absolute atomic E-state index is 0.119. The first-order valence-corrected chi connectivity index (χ1v) is 7.62. The van der Waals surface area contributed by atoms with Crippen LogP contribution in [0.1, 0.15) is 24.0 Å². The number of fused-ring (bicyclic) bond motifs is 1. The van der Waals surface area contributed by atoms with Crippen molar-refractivity contribution < 1.29 is 4.79 Å². The van der Waals surface area contributed by atoms with Crippen molar-refractivity contribution in [3.8, 4) is 6.07 Å². The molecule has 22 heavy (non-hydrogen) atoms. The first-order valence-electron chi connectivity index (χ1n) is 7.62. The lowest BCUT2D eigenvalue weighted by molar-refractivity contribution is -0.132. The van der Waals surface area contributed by atoms with E-state index in [1.165, 1.54) is 5.56 Å². The molecule has 3 N–H and O–H groups in total. The van der Waals surface area contributed by atoms with E-state index in [-0.39, 0.29) is 11.9 Å². The second-order valence-electron chi connectivity index (χ2n) is 5.99. The van der Waals surface area contributed by atoms with Gasteiger partial charge in [0.2, 0.25) is 5.91 Å². The molecule has 2 aromatic rings. The van der Waals surface area contributed by atoms with Crippen molar-refractivity contribution >= 4 is 16.8 Å². The lowest BCUT2D eigenvalue weighted by Crippen LogP contribution is -2.46. The zero-order valence-electron chi connectivity index (χ0n) is 12.7. The predicted octanol–water partition coefficient (Wildman–Crippen LogP) is 1.86. The van der Waals surface area contributed by atoms with Crippen LogP contribution in [-0.2, 0) is 11.2 Å². The van der Waals surface area contributed by atoms with Crippen LogP contribution in [0.4, 0.5) is 0 Å². The monoisotopic (exact) mass is 296 g/mol. The summed E-state index contributed by atoms with van der Waals surface area (Å²) in [7, 11) is 0. The van der Waals surface area contributed by atoms with Gasteiger partial charge in [-0.25, -0.2) is 0 Å². The quantitative estimate of drug-likeness (QED) is 0.906. The Kier molecular flexibility index (Phi) is 3.86. The predicted molar refractivity (Wildman–Crippen MR) is 85.1 cm³/mol. The van der Waals surface area contributed by atoms with Crippen LogP contribution in [0.2, 0.25) is 0 Å². The topological polar surface area (TPSA) is 85.9 Å². The van der Waals surface area contributed by atoms with Crippen molar-refractivity contribution in [3.05, 3.63) is 35.5 Å². The molecule has 5 heteroatoms. The van der Waals surface area contributed by atoms with Crippen LogP contribution in [0.25, 0.3) is 10.9 Å². The minimum atomic E-state index is -0.603. The Morgan fingerprint density at radius 2 is 2.41 bits per heavy atom. The Morgan fingerprint density at radius 1 is 1.59 bits per heavy atom. The average Bonchev–Trinajstić information content (AvgIpc) is 3.13. The maximum atomic E-state index is 12.5. The molecule has 3 rings (SSSR count). The third-order valence-electron chi connectivity index (χ3n) is 4.36. The number of aromatic amines is 1. The van der Waals surface area contributed by atoms with Gasteiger partial charge in [-0.3, -0.25) is 4.79 Å². The van der Waals surface area contributed by atoms with Gasteiger partial charge in [0.05, 0.1) is 12.1 Å². The van der Waals surface area contributed by atoms with Crippen molar-refractivity contribution in [2.45, 2.75) is 38.3 Å². The van der Waals surface area contributed by atoms with Gasteiger partial charge in [-0.2, -0.15) is 5.26 Å². The smallest absolute Gasteiger partial charge is 0.240 e. The number of carbonyl (C=O) groups is 1. The fraction of sp³-hybridized carbons (Fsp3) is 0.412. The summed E-state index contributed by atoms with van der Waals surface area (Å²) >= 11 is 0. The molecule has 0 spiro atoms. The highest BCUT2D eigenvalue weighted by molar-refractivity contribution is 5.87. The molecular weight excluding hydrogens is 276 g/mol. The Labute approximate surface area is 129 Å². The van der Waals surface area contributed by atoms with Gasteiger partial charge in [-0.1, -0.05) is 11.6 Å². The number of hydrogen-bond acceptors (Lipinski definition) is 3. The number of carbonyl (C=O) groups excluding carboxylic acids is 1. The van der Waals surface area contributed by atoms with E-state index in [2.05, 4.69) is 23.2 Å². The number of benzene rings is 1. The zero-order valence-corrected chi connectivity index (χ0v) is 12.7. The molecule has 1 saturated heterocycles. The largest absolute Gasteiger partial charge is 0.361 e. The Bertz CT molecular complexity index is 743. The summed E-state index contributed by atoms with van der Waals surface area (Å²) in [5.74, 6) is -0.119. The van der Waals surface area contributed by atoms with E-state index in [1.807, 2.05) is 19.2 Å². The molecule has 1 fully saturated rings. The standard InChI is InChI=1S/C17H20N4O/c1-11-4-5-16-14(7-11)12(10-20-16)8-15(19)17(22)21-6-2-3-13(21)9-18/h4-5,7,10,13,15,20H,2-3,6,8,19H2,1H3. The van der Waals surface area contributed by atoms with Crippen molar-refractivity contribution in [1.82, 2.24) is 9.88 Å². The summed E-state index contributed by atoms with van der Waals surface area (Å²) in [6.07, 6.45) is 4.03. The summed E-state index contributed by atoms with van der Waals surface area (Å²) in [5.41, 5.74) is 9.40. The Hall–Kier alpha value is -2.32. The van der Waals surface area contributed by atoms with Crippen molar-refractivity contribution in [2.75, 3.05) is 6.54 Å². The van der Waals surface area contributed by atoms with Gasteiger partial charge in [-0.15, -0.1) is 0 Å². The van der Waals surface area contributed by atoms with Gasteiger partial charge in [0.1, 0.15) is 6.04 Å². The van der Waals surface area contributed by atoms with E-state index in [1.54, 1.807) is 4.90 Å². The van der Waals surface area contributed by atoms with E-state index in [0.29, 0.717) is 13.0 Å². The average molecular weight is 296 g/mol. The first kappa shape index (κ1) is 14.6. The number of aromatic nitrogens is 1. The number of rotatable bonds is 3. The highest BCUT2D eigenvalue weighted by Crippen LogP contribution is 2.22.